The highest BCUT2D eigenvalue weighted by molar-refractivity contribution is 7.13. The largest absolute Gasteiger partial charge is 0.347 e. The summed E-state index contributed by atoms with van der Waals surface area (Å²) in [6, 6.07) is 0. The van der Waals surface area contributed by atoms with Gasteiger partial charge in [-0.05, 0) is 14.1 Å². The van der Waals surface area contributed by atoms with E-state index in [4.69, 9.17) is 0 Å². The summed E-state index contributed by atoms with van der Waals surface area (Å²) in [7, 11) is 3.78. The Labute approximate surface area is 97.7 Å². The van der Waals surface area contributed by atoms with Crippen molar-refractivity contribution >= 4 is 28.3 Å². The molecule has 0 fully saturated rings. The fourth-order valence-corrected chi connectivity index (χ4v) is 1.44. The van der Waals surface area contributed by atoms with E-state index in [1.165, 1.54) is 11.3 Å². The number of anilines is 1. The molecule has 0 aliphatic carbocycles. The topological polar surface area (TPSA) is 74.3 Å². The van der Waals surface area contributed by atoms with E-state index in [2.05, 4.69) is 15.6 Å². The Kier molecular flexibility index (Phi) is 4.87. The summed E-state index contributed by atoms with van der Waals surface area (Å²) >= 11 is 1.27. The fourth-order valence-electron chi connectivity index (χ4n) is 0.912. The molecule has 0 bridgehead atoms. The summed E-state index contributed by atoms with van der Waals surface area (Å²) in [6.45, 7) is 1.13. The highest BCUT2D eigenvalue weighted by Crippen LogP contribution is 2.09. The molecule has 2 amide bonds. The van der Waals surface area contributed by atoms with E-state index in [0.717, 1.165) is 0 Å². The van der Waals surface area contributed by atoms with Crippen molar-refractivity contribution in [3.63, 3.8) is 0 Å². The molecule has 88 valence electrons. The minimum absolute atomic E-state index is 0.424. The quantitative estimate of drug-likeness (QED) is 0.715. The number of likely N-dealkylation sites (N-methyl/N-ethyl adjacent to an activating group) is 1. The molecule has 0 saturated carbocycles. The third kappa shape index (κ3) is 4.37. The van der Waals surface area contributed by atoms with Crippen LogP contribution in [0.5, 0.6) is 0 Å². The third-order valence-corrected chi connectivity index (χ3v) is 2.39. The minimum atomic E-state index is -0.686. The first-order valence-corrected chi connectivity index (χ1v) is 5.61. The van der Waals surface area contributed by atoms with Gasteiger partial charge in [-0.1, -0.05) is 0 Å². The van der Waals surface area contributed by atoms with Gasteiger partial charge in [0.15, 0.2) is 5.13 Å². The van der Waals surface area contributed by atoms with Crippen molar-refractivity contribution < 1.29 is 9.59 Å². The van der Waals surface area contributed by atoms with Gasteiger partial charge in [-0.15, -0.1) is 11.3 Å². The van der Waals surface area contributed by atoms with Crippen LogP contribution in [0.3, 0.4) is 0 Å². The maximum Gasteiger partial charge on any atom is 0.315 e. The number of hydrogen-bond donors (Lipinski definition) is 2. The molecule has 0 aromatic carbocycles. The summed E-state index contributed by atoms with van der Waals surface area (Å²) in [5, 5.41) is 7.06. The van der Waals surface area contributed by atoms with Gasteiger partial charge in [0.2, 0.25) is 0 Å². The van der Waals surface area contributed by atoms with Crippen LogP contribution in [-0.2, 0) is 9.59 Å². The third-order valence-electron chi connectivity index (χ3n) is 1.70. The van der Waals surface area contributed by atoms with Crippen LogP contribution in [0.2, 0.25) is 0 Å². The van der Waals surface area contributed by atoms with E-state index in [0.29, 0.717) is 18.2 Å². The van der Waals surface area contributed by atoms with Crippen LogP contribution in [0.15, 0.2) is 11.6 Å². The van der Waals surface area contributed by atoms with Gasteiger partial charge in [0.05, 0.1) is 0 Å². The molecule has 2 N–H and O–H groups in total. The summed E-state index contributed by atoms with van der Waals surface area (Å²) < 4.78 is 0. The van der Waals surface area contributed by atoms with Crippen LogP contribution in [0, 0.1) is 0 Å². The number of carbonyl (C=O) groups is 2. The lowest BCUT2D eigenvalue weighted by Gasteiger charge is -2.09. The standard InChI is InChI=1S/C9H14N4O2S/c1-13(2)5-3-10-7(14)8(15)12-9-11-4-6-16-9/h4,6H,3,5H2,1-2H3,(H,10,14)(H,11,12,15). The Balaban J connectivity index is 2.28. The number of amides is 2. The van der Waals surface area contributed by atoms with E-state index < -0.39 is 11.8 Å². The molecule has 0 aliphatic rings. The van der Waals surface area contributed by atoms with Gasteiger partial charge >= 0.3 is 11.8 Å². The molecular weight excluding hydrogens is 228 g/mol. The number of rotatable bonds is 4. The molecule has 0 unspecified atom stereocenters. The highest BCUT2D eigenvalue weighted by atomic mass is 32.1. The number of nitrogens with zero attached hydrogens (tertiary/aromatic N) is 2. The van der Waals surface area contributed by atoms with Crippen molar-refractivity contribution in [1.29, 1.82) is 0 Å². The van der Waals surface area contributed by atoms with Gasteiger partial charge in [-0.25, -0.2) is 4.98 Å². The number of thiazole rings is 1. The Hall–Kier alpha value is -1.47. The SMILES string of the molecule is CN(C)CCNC(=O)C(=O)Nc1nccs1. The predicted octanol–water partition coefficient (Wildman–Crippen LogP) is -0.241. The lowest BCUT2D eigenvalue weighted by Crippen LogP contribution is -2.38. The highest BCUT2D eigenvalue weighted by Gasteiger charge is 2.13. The second-order valence-corrected chi connectivity index (χ2v) is 4.25. The van der Waals surface area contributed by atoms with Crippen molar-refractivity contribution in [2.24, 2.45) is 0 Å². The van der Waals surface area contributed by atoms with E-state index in [9.17, 15) is 9.59 Å². The molecule has 1 aromatic rings. The first-order valence-electron chi connectivity index (χ1n) is 4.73. The van der Waals surface area contributed by atoms with Crippen LogP contribution >= 0.6 is 11.3 Å². The van der Waals surface area contributed by atoms with Crippen molar-refractivity contribution in [2.45, 2.75) is 0 Å². The maximum atomic E-state index is 11.3. The van der Waals surface area contributed by atoms with Gasteiger partial charge in [-0.3, -0.25) is 14.9 Å². The number of nitrogens with one attached hydrogen (secondary N) is 2. The number of aromatic nitrogens is 1. The van der Waals surface area contributed by atoms with Gasteiger partial charge < -0.3 is 10.2 Å². The van der Waals surface area contributed by atoms with Crippen LogP contribution in [0.1, 0.15) is 0 Å². The predicted molar refractivity (Wildman–Crippen MR) is 62.3 cm³/mol. The number of hydrogen-bond acceptors (Lipinski definition) is 5. The fraction of sp³-hybridized carbons (Fsp3) is 0.444. The lowest BCUT2D eigenvalue weighted by atomic mass is 10.5. The first kappa shape index (κ1) is 12.6. The van der Waals surface area contributed by atoms with Crippen molar-refractivity contribution in [3.8, 4) is 0 Å². The number of carbonyl (C=O) groups excluding carboxylic acids is 2. The van der Waals surface area contributed by atoms with Crippen LogP contribution in [-0.4, -0.2) is 48.9 Å². The molecule has 0 radical (unpaired) electrons. The Morgan fingerprint density at radius 2 is 2.19 bits per heavy atom. The summed E-state index contributed by atoms with van der Waals surface area (Å²) in [4.78, 5) is 28.4. The average Bonchev–Trinajstić information content (AvgIpc) is 2.69. The van der Waals surface area contributed by atoms with E-state index in [-0.39, 0.29) is 0 Å². The van der Waals surface area contributed by atoms with Crippen LogP contribution < -0.4 is 10.6 Å². The molecule has 6 nitrogen and oxygen atoms in total. The average molecular weight is 242 g/mol. The first-order chi connectivity index (χ1) is 7.59. The van der Waals surface area contributed by atoms with E-state index in [1.807, 2.05) is 19.0 Å². The van der Waals surface area contributed by atoms with Crippen molar-refractivity contribution in [3.05, 3.63) is 11.6 Å². The second kappa shape index (κ2) is 6.19. The molecule has 0 saturated heterocycles. The molecular formula is C9H14N4O2S. The summed E-state index contributed by atoms with van der Waals surface area (Å²) in [6.07, 6.45) is 1.56. The van der Waals surface area contributed by atoms with Crippen LogP contribution in [0.25, 0.3) is 0 Å². The molecule has 1 heterocycles. The molecule has 0 spiro atoms. The maximum absolute atomic E-state index is 11.3. The van der Waals surface area contributed by atoms with E-state index >= 15 is 0 Å². The minimum Gasteiger partial charge on any atom is -0.347 e. The molecule has 0 atom stereocenters. The smallest absolute Gasteiger partial charge is 0.315 e. The van der Waals surface area contributed by atoms with Gasteiger partial charge in [0.1, 0.15) is 0 Å². The van der Waals surface area contributed by atoms with Crippen molar-refractivity contribution in [2.75, 3.05) is 32.5 Å². The monoisotopic (exact) mass is 242 g/mol. The molecule has 1 rings (SSSR count). The zero-order valence-corrected chi connectivity index (χ0v) is 10.0. The van der Waals surface area contributed by atoms with Gasteiger partial charge in [-0.2, -0.15) is 0 Å². The van der Waals surface area contributed by atoms with Gasteiger partial charge in [0, 0.05) is 24.7 Å². The van der Waals surface area contributed by atoms with E-state index in [1.54, 1.807) is 11.6 Å². The van der Waals surface area contributed by atoms with Gasteiger partial charge in [0.25, 0.3) is 0 Å². The lowest BCUT2D eigenvalue weighted by molar-refractivity contribution is -0.136. The molecule has 16 heavy (non-hydrogen) atoms. The zero-order valence-electron chi connectivity index (χ0n) is 9.19. The van der Waals surface area contributed by atoms with Crippen molar-refractivity contribution in [1.82, 2.24) is 15.2 Å². The molecule has 7 heteroatoms. The zero-order chi connectivity index (χ0) is 12.0. The summed E-state index contributed by atoms with van der Waals surface area (Å²) in [5.41, 5.74) is 0. The Morgan fingerprint density at radius 3 is 2.75 bits per heavy atom. The molecule has 0 aliphatic heterocycles. The normalized spacial score (nSPS) is 10.2. The molecule has 1 aromatic heterocycles. The van der Waals surface area contributed by atoms with Crippen LogP contribution in [0.4, 0.5) is 5.13 Å². The Morgan fingerprint density at radius 1 is 1.44 bits per heavy atom. The second-order valence-electron chi connectivity index (χ2n) is 3.35. The summed E-state index contributed by atoms with van der Waals surface area (Å²) in [5.74, 6) is -1.33. The Bertz CT molecular complexity index is 350.